The number of nitrogens with one attached hydrogen (secondary N) is 2. The number of benzene rings is 1. The summed E-state index contributed by atoms with van der Waals surface area (Å²) in [7, 11) is 0. The summed E-state index contributed by atoms with van der Waals surface area (Å²) in [5, 5.41) is 6.92. The average molecular weight is 176 g/mol. The Morgan fingerprint density at radius 1 is 1.00 bits per heavy atom. The molecule has 1 saturated heterocycles. The molecule has 1 fully saturated rings. The van der Waals surface area contributed by atoms with Gasteiger partial charge in [-0.1, -0.05) is 30.3 Å². The average Bonchev–Trinajstić information content (AvgIpc) is 2.47. The van der Waals surface area contributed by atoms with E-state index in [2.05, 4.69) is 41.0 Å². The molecule has 2 nitrogen and oxygen atoms in total. The minimum Gasteiger partial charge on any atom is -0.315 e. The molecule has 2 rings (SSSR count). The Hall–Kier alpha value is -0.860. The van der Waals surface area contributed by atoms with Crippen molar-refractivity contribution in [3.8, 4) is 0 Å². The number of hydrogen-bond donors (Lipinski definition) is 2. The molecule has 0 aromatic heterocycles. The molecule has 0 spiro atoms. The van der Waals surface area contributed by atoms with Gasteiger partial charge in [0.25, 0.3) is 0 Å². The summed E-state index contributed by atoms with van der Waals surface area (Å²) in [5.74, 6) is 0. The van der Waals surface area contributed by atoms with Crippen LogP contribution in [0.5, 0.6) is 0 Å². The van der Waals surface area contributed by atoms with Gasteiger partial charge in [-0.25, -0.2) is 0 Å². The van der Waals surface area contributed by atoms with E-state index < -0.39 is 0 Å². The van der Waals surface area contributed by atoms with E-state index in [4.69, 9.17) is 0 Å². The second kappa shape index (κ2) is 4.40. The zero-order valence-electron chi connectivity index (χ0n) is 7.79. The summed E-state index contributed by atoms with van der Waals surface area (Å²) in [6.45, 7) is 3.27. The molecule has 0 unspecified atom stereocenters. The normalized spacial score (nSPS) is 23.8. The highest BCUT2D eigenvalue weighted by Crippen LogP contribution is 2.16. The molecular weight excluding hydrogens is 160 g/mol. The van der Waals surface area contributed by atoms with Crippen molar-refractivity contribution in [2.45, 2.75) is 12.5 Å². The molecule has 0 bridgehead atoms. The van der Waals surface area contributed by atoms with E-state index in [1.54, 1.807) is 0 Å². The molecule has 1 atom stereocenters. The van der Waals surface area contributed by atoms with Gasteiger partial charge in [0.2, 0.25) is 0 Å². The zero-order chi connectivity index (χ0) is 8.93. The lowest BCUT2D eigenvalue weighted by Gasteiger charge is -2.15. The van der Waals surface area contributed by atoms with Gasteiger partial charge in [0, 0.05) is 19.1 Å². The largest absolute Gasteiger partial charge is 0.315 e. The molecule has 1 aromatic carbocycles. The van der Waals surface area contributed by atoms with Crippen molar-refractivity contribution in [1.29, 1.82) is 0 Å². The molecule has 0 saturated carbocycles. The summed E-state index contributed by atoms with van der Waals surface area (Å²) in [6, 6.07) is 11.2. The first-order valence-corrected chi connectivity index (χ1v) is 4.96. The van der Waals surface area contributed by atoms with Crippen LogP contribution in [0.4, 0.5) is 0 Å². The molecule has 0 radical (unpaired) electrons. The van der Waals surface area contributed by atoms with Crippen molar-refractivity contribution in [3.05, 3.63) is 35.9 Å². The summed E-state index contributed by atoms with van der Waals surface area (Å²) in [5.41, 5.74) is 1.41. The van der Waals surface area contributed by atoms with Crippen LogP contribution in [0.25, 0.3) is 0 Å². The van der Waals surface area contributed by atoms with Crippen LogP contribution in [0.3, 0.4) is 0 Å². The van der Waals surface area contributed by atoms with Crippen molar-refractivity contribution in [2.75, 3.05) is 19.6 Å². The number of hydrogen-bond acceptors (Lipinski definition) is 2. The lowest BCUT2D eigenvalue weighted by atomic mass is 10.0. The van der Waals surface area contributed by atoms with Gasteiger partial charge in [-0.2, -0.15) is 0 Å². The Labute approximate surface area is 79.4 Å². The lowest BCUT2D eigenvalue weighted by molar-refractivity contribution is 0.549. The summed E-state index contributed by atoms with van der Waals surface area (Å²) >= 11 is 0. The predicted octanol–water partition coefficient (Wildman–Crippen LogP) is 1.31. The molecule has 1 aromatic rings. The smallest absolute Gasteiger partial charge is 0.0332 e. The van der Waals surface area contributed by atoms with Crippen molar-refractivity contribution in [1.82, 2.24) is 10.6 Å². The maximum Gasteiger partial charge on any atom is 0.0332 e. The van der Waals surface area contributed by atoms with E-state index in [9.17, 15) is 0 Å². The minimum atomic E-state index is 0.538. The van der Waals surface area contributed by atoms with Crippen LogP contribution in [-0.2, 0) is 0 Å². The van der Waals surface area contributed by atoms with Gasteiger partial charge in [0.05, 0.1) is 0 Å². The van der Waals surface area contributed by atoms with E-state index >= 15 is 0 Å². The highest BCUT2D eigenvalue weighted by atomic mass is 15.0. The Balaban J connectivity index is 2.06. The molecule has 70 valence electrons. The van der Waals surface area contributed by atoms with Gasteiger partial charge in [0.1, 0.15) is 0 Å². The summed E-state index contributed by atoms with van der Waals surface area (Å²) < 4.78 is 0. The first-order chi connectivity index (χ1) is 6.47. The molecule has 0 aliphatic carbocycles. The van der Waals surface area contributed by atoms with Crippen LogP contribution in [0.2, 0.25) is 0 Å². The summed E-state index contributed by atoms with van der Waals surface area (Å²) in [6.07, 6.45) is 1.18. The van der Waals surface area contributed by atoms with Gasteiger partial charge in [-0.15, -0.1) is 0 Å². The van der Waals surface area contributed by atoms with Gasteiger partial charge in [-0.05, 0) is 18.5 Å². The topological polar surface area (TPSA) is 24.1 Å². The van der Waals surface area contributed by atoms with Crippen molar-refractivity contribution in [2.24, 2.45) is 0 Å². The lowest BCUT2D eigenvalue weighted by Crippen LogP contribution is -2.23. The van der Waals surface area contributed by atoms with E-state index in [0.29, 0.717) is 6.04 Å². The summed E-state index contributed by atoms with van der Waals surface area (Å²) in [4.78, 5) is 0. The fraction of sp³-hybridized carbons (Fsp3) is 0.455. The monoisotopic (exact) mass is 176 g/mol. The van der Waals surface area contributed by atoms with Crippen LogP contribution in [0.15, 0.2) is 30.3 Å². The third kappa shape index (κ3) is 2.29. The first-order valence-electron chi connectivity index (χ1n) is 4.96. The first kappa shape index (κ1) is 8.73. The van der Waals surface area contributed by atoms with Gasteiger partial charge in [-0.3, -0.25) is 0 Å². The maximum atomic E-state index is 3.54. The predicted molar refractivity (Wildman–Crippen MR) is 54.7 cm³/mol. The fourth-order valence-electron chi connectivity index (χ4n) is 1.78. The second-order valence-electron chi connectivity index (χ2n) is 3.46. The van der Waals surface area contributed by atoms with Crippen molar-refractivity contribution < 1.29 is 0 Å². The molecule has 1 aliphatic rings. The highest BCUT2D eigenvalue weighted by molar-refractivity contribution is 5.19. The third-order valence-corrected chi connectivity index (χ3v) is 2.50. The van der Waals surface area contributed by atoms with Crippen LogP contribution in [-0.4, -0.2) is 19.6 Å². The second-order valence-corrected chi connectivity index (χ2v) is 3.46. The minimum absolute atomic E-state index is 0.538. The van der Waals surface area contributed by atoms with Crippen LogP contribution in [0, 0.1) is 0 Å². The highest BCUT2D eigenvalue weighted by Gasteiger charge is 2.11. The third-order valence-electron chi connectivity index (χ3n) is 2.50. The van der Waals surface area contributed by atoms with Gasteiger partial charge >= 0.3 is 0 Å². The van der Waals surface area contributed by atoms with Crippen molar-refractivity contribution in [3.63, 3.8) is 0 Å². The maximum absolute atomic E-state index is 3.54. The standard InChI is InChI=1S/C11H16N2/c1-2-4-10(5-3-1)11-6-7-12-8-9-13-11/h1-5,11-13H,6-9H2/t11-/m1/s1. The van der Waals surface area contributed by atoms with Crippen LogP contribution < -0.4 is 10.6 Å². The van der Waals surface area contributed by atoms with Crippen LogP contribution in [0.1, 0.15) is 18.0 Å². The molecule has 1 heterocycles. The molecule has 1 aliphatic heterocycles. The Kier molecular flexibility index (Phi) is 2.95. The zero-order valence-corrected chi connectivity index (χ0v) is 7.79. The van der Waals surface area contributed by atoms with E-state index in [0.717, 1.165) is 19.6 Å². The molecular formula is C11H16N2. The molecule has 2 heteroatoms. The van der Waals surface area contributed by atoms with E-state index in [1.807, 2.05) is 0 Å². The van der Waals surface area contributed by atoms with E-state index in [1.165, 1.54) is 12.0 Å². The van der Waals surface area contributed by atoms with Crippen molar-refractivity contribution >= 4 is 0 Å². The SMILES string of the molecule is c1ccc([C@H]2CCNCCN2)cc1. The Morgan fingerprint density at radius 3 is 2.69 bits per heavy atom. The van der Waals surface area contributed by atoms with Crippen LogP contribution >= 0.6 is 0 Å². The number of rotatable bonds is 1. The van der Waals surface area contributed by atoms with Gasteiger partial charge < -0.3 is 10.6 Å². The quantitative estimate of drug-likeness (QED) is 0.674. The Bertz CT molecular complexity index is 238. The Morgan fingerprint density at radius 2 is 1.85 bits per heavy atom. The molecule has 0 amide bonds. The molecule has 13 heavy (non-hydrogen) atoms. The fourth-order valence-corrected chi connectivity index (χ4v) is 1.78. The molecule has 2 N–H and O–H groups in total. The van der Waals surface area contributed by atoms with Gasteiger partial charge in [0.15, 0.2) is 0 Å². The van der Waals surface area contributed by atoms with E-state index in [-0.39, 0.29) is 0 Å².